The van der Waals surface area contributed by atoms with Crippen molar-refractivity contribution < 1.29 is 0 Å². The Hall–Kier alpha value is -2.10. The van der Waals surface area contributed by atoms with E-state index < -0.39 is 0 Å². The quantitative estimate of drug-likeness (QED) is 0.925. The predicted molar refractivity (Wildman–Crippen MR) is 98.5 cm³/mol. The molecule has 2 aromatic rings. The number of hydrogen-bond acceptors (Lipinski definition) is 4. The number of rotatable bonds is 4. The highest BCUT2D eigenvalue weighted by Gasteiger charge is 2.34. The van der Waals surface area contributed by atoms with E-state index in [9.17, 15) is 0 Å². The Bertz CT molecular complexity index is 749. The van der Waals surface area contributed by atoms with Crippen molar-refractivity contribution in [1.82, 2.24) is 9.97 Å². The van der Waals surface area contributed by atoms with Gasteiger partial charge in [-0.25, -0.2) is 4.98 Å². The Labute approximate surface area is 144 Å². The Morgan fingerprint density at radius 2 is 1.92 bits per heavy atom. The number of aromatic nitrogens is 2. The molecular formula is C20H26N4. The van der Waals surface area contributed by atoms with Gasteiger partial charge in [-0.2, -0.15) is 4.98 Å². The molecule has 0 bridgehead atoms. The number of benzene rings is 1. The molecule has 0 radical (unpaired) electrons. The molecule has 1 aromatic heterocycles. The fourth-order valence-corrected chi connectivity index (χ4v) is 3.50. The molecule has 4 nitrogen and oxygen atoms in total. The minimum absolute atomic E-state index is 0.0462. The van der Waals surface area contributed by atoms with Crippen LogP contribution in [0.2, 0.25) is 0 Å². The van der Waals surface area contributed by atoms with Crippen molar-refractivity contribution in [3.8, 4) is 0 Å². The zero-order valence-corrected chi connectivity index (χ0v) is 14.8. The highest BCUT2D eigenvalue weighted by atomic mass is 15.3. The second kappa shape index (κ2) is 5.76. The van der Waals surface area contributed by atoms with Crippen molar-refractivity contribution in [3.63, 3.8) is 0 Å². The highest BCUT2D eigenvalue weighted by molar-refractivity contribution is 5.51. The topological polar surface area (TPSA) is 41.1 Å². The first-order valence-corrected chi connectivity index (χ1v) is 9.04. The van der Waals surface area contributed by atoms with Gasteiger partial charge in [0.1, 0.15) is 5.82 Å². The Morgan fingerprint density at radius 3 is 2.62 bits per heavy atom. The van der Waals surface area contributed by atoms with Crippen LogP contribution in [-0.4, -0.2) is 21.5 Å². The summed E-state index contributed by atoms with van der Waals surface area (Å²) in [7, 11) is 0. The average molecular weight is 322 g/mol. The molecule has 0 amide bonds. The van der Waals surface area contributed by atoms with Gasteiger partial charge in [0.2, 0.25) is 5.95 Å². The normalized spacial score (nSPS) is 19.0. The van der Waals surface area contributed by atoms with Gasteiger partial charge in [-0.1, -0.05) is 31.2 Å². The average Bonchev–Trinajstić information content (AvgIpc) is 3.37. The van der Waals surface area contributed by atoms with Crippen LogP contribution in [0.3, 0.4) is 0 Å². The molecule has 1 N–H and O–H groups in total. The lowest BCUT2D eigenvalue weighted by atomic mass is 9.85. The molecule has 2 aliphatic rings. The lowest BCUT2D eigenvalue weighted by Gasteiger charge is -2.44. The van der Waals surface area contributed by atoms with Crippen molar-refractivity contribution >= 4 is 11.8 Å². The molecule has 1 aliphatic carbocycles. The van der Waals surface area contributed by atoms with Crippen LogP contribution >= 0.6 is 0 Å². The zero-order valence-electron chi connectivity index (χ0n) is 14.8. The number of fused-ring (bicyclic) bond motifs is 1. The summed E-state index contributed by atoms with van der Waals surface area (Å²) >= 11 is 0. The SMILES string of the molecule is CCc1cc(N2Cc3ccccc3CC2(C)C)nc(NC2CC2)n1. The van der Waals surface area contributed by atoms with Crippen molar-refractivity contribution in [2.75, 3.05) is 10.2 Å². The molecule has 2 heterocycles. The maximum atomic E-state index is 4.86. The van der Waals surface area contributed by atoms with E-state index in [4.69, 9.17) is 4.98 Å². The molecule has 1 saturated carbocycles. The minimum Gasteiger partial charge on any atom is -0.351 e. The number of anilines is 2. The van der Waals surface area contributed by atoms with E-state index in [1.165, 1.54) is 24.0 Å². The molecule has 126 valence electrons. The standard InChI is InChI=1S/C20H26N4/c1-4-16-11-18(23-19(21-16)22-17-9-10-17)24-13-15-8-6-5-7-14(15)12-20(24,2)3/h5-8,11,17H,4,9-10,12-13H2,1-3H3,(H,21,22,23). The fourth-order valence-electron chi connectivity index (χ4n) is 3.50. The van der Waals surface area contributed by atoms with Crippen molar-refractivity contribution in [2.24, 2.45) is 0 Å². The van der Waals surface area contributed by atoms with Gasteiger partial charge in [-0.3, -0.25) is 0 Å². The van der Waals surface area contributed by atoms with Crippen LogP contribution in [0.1, 0.15) is 50.4 Å². The number of aryl methyl sites for hydroxylation is 1. The van der Waals surface area contributed by atoms with E-state index >= 15 is 0 Å². The molecule has 0 spiro atoms. The summed E-state index contributed by atoms with van der Waals surface area (Å²) in [5.41, 5.74) is 4.02. The maximum absolute atomic E-state index is 4.86. The molecule has 1 aromatic carbocycles. The second-order valence-corrected chi connectivity index (χ2v) is 7.66. The third-order valence-corrected chi connectivity index (χ3v) is 5.12. The molecule has 4 heteroatoms. The first kappa shape index (κ1) is 15.4. The highest BCUT2D eigenvalue weighted by Crippen LogP contribution is 2.35. The van der Waals surface area contributed by atoms with Gasteiger partial charge in [0, 0.05) is 29.9 Å². The van der Waals surface area contributed by atoms with Crippen molar-refractivity contribution in [3.05, 3.63) is 47.2 Å². The van der Waals surface area contributed by atoms with Crippen LogP contribution in [0.5, 0.6) is 0 Å². The minimum atomic E-state index is 0.0462. The van der Waals surface area contributed by atoms with Gasteiger partial charge in [0.15, 0.2) is 0 Å². The Balaban J connectivity index is 1.71. The third-order valence-electron chi connectivity index (χ3n) is 5.12. The predicted octanol–water partition coefficient (Wildman–Crippen LogP) is 3.95. The summed E-state index contributed by atoms with van der Waals surface area (Å²) in [5.74, 6) is 1.84. The van der Waals surface area contributed by atoms with Crippen LogP contribution in [-0.2, 0) is 19.4 Å². The van der Waals surface area contributed by atoms with Gasteiger partial charge in [0.25, 0.3) is 0 Å². The van der Waals surface area contributed by atoms with Gasteiger partial charge in [-0.05, 0) is 50.7 Å². The molecule has 0 saturated heterocycles. The van der Waals surface area contributed by atoms with E-state index in [1.54, 1.807) is 0 Å². The van der Waals surface area contributed by atoms with E-state index in [0.717, 1.165) is 36.8 Å². The van der Waals surface area contributed by atoms with Gasteiger partial charge in [0.05, 0.1) is 0 Å². The van der Waals surface area contributed by atoms with Gasteiger partial charge in [-0.15, -0.1) is 0 Å². The van der Waals surface area contributed by atoms with Crippen LogP contribution < -0.4 is 10.2 Å². The number of nitrogens with one attached hydrogen (secondary N) is 1. The van der Waals surface area contributed by atoms with Crippen LogP contribution in [0.4, 0.5) is 11.8 Å². The summed E-state index contributed by atoms with van der Waals surface area (Å²) in [6.45, 7) is 7.69. The first-order valence-electron chi connectivity index (χ1n) is 9.04. The molecule has 4 rings (SSSR count). The molecule has 24 heavy (non-hydrogen) atoms. The van der Waals surface area contributed by atoms with Crippen LogP contribution in [0.25, 0.3) is 0 Å². The maximum Gasteiger partial charge on any atom is 0.225 e. The van der Waals surface area contributed by atoms with Crippen LogP contribution in [0, 0.1) is 0 Å². The van der Waals surface area contributed by atoms with Crippen LogP contribution in [0.15, 0.2) is 30.3 Å². The fraction of sp³-hybridized carbons (Fsp3) is 0.500. The molecule has 1 aliphatic heterocycles. The number of nitrogens with zero attached hydrogens (tertiary/aromatic N) is 3. The Morgan fingerprint density at radius 1 is 1.17 bits per heavy atom. The lowest BCUT2D eigenvalue weighted by molar-refractivity contribution is 0.427. The summed E-state index contributed by atoms with van der Waals surface area (Å²) in [6, 6.07) is 11.5. The van der Waals surface area contributed by atoms with Crippen molar-refractivity contribution in [2.45, 2.75) is 64.6 Å². The molecular weight excluding hydrogens is 296 g/mol. The largest absolute Gasteiger partial charge is 0.351 e. The van der Waals surface area contributed by atoms with E-state index in [2.05, 4.69) is 66.3 Å². The molecule has 0 unspecified atom stereocenters. The number of hydrogen-bond donors (Lipinski definition) is 1. The lowest BCUT2D eigenvalue weighted by Crippen LogP contribution is -2.49. The molecule has 0 atom stereocenters. The molecule has 1 fully saturated rings. The van der Waals surface area contributed by atoms with E-state index in [0.29, 0.717) is 6.04 Å². The second-order valence-electron chi connectivity index (χ2n) is 7.66. The van der Waals surface area contributed by atoms with Crippen molar-refractivity contribution in [1.29, 1.82) is 0 Å². The third kappa shape index (κ3) is 2.97. The smallest absolute Gasteiger partial charge is 0.225 e. The first-order chi connectivity index (χ1) is 11.5. The Kier molecular flexibility index (Phi) is 3.70. The van der Waals surface area contributed by atoms with E-state index in [-0.39, 0.29) is 5.54 Å². The summed E-state index contributed by atoms with van der Waals surface area (Å²) < 4.78 is 0. The summed E-state index contributed by atoms with van der Waals surface area (Å²) in [5, 5.41) is 3.47. The zero-order chi connectivity index (χ0) is 16.7. The summed E-state index contributed by atoms with van der Waals surface area (Å²) in [4.78, 5) is 12.0. The summed E-state index contributed by atoms with van der Waals surface area (Å²) in [6.07, 6.45) is 4.44. The van der Waals surface area contributed by atoms with Gasteiger partial charge >= 0.3 is 0 Å². The monoisotopic (exact) mass is 322 g/mol. The van der Waals surface area contributed by atoms with Gasteiger partial charge < -0.3 is 10.2 Å². The van der Waals surface area contributed by atoms with E-state index in [1.807, 2.05) is 0 Å².